The Bertz CT molecular complexity index is 623. The maximum absolute atomic E-state index is 11.8. The number of nitrogens with zero attached hydrogens (tertiary/aromatic N) is 2. The summed E-state index contributed by atoms with van der Waals surface area (Å²) in [5.74, 6) is -1.39. The molecule has 0 atom stereocenters. The molecule has 0 aliphatic heterocycles. The number of carboxylic acid groups (broad SMARTS) is 1. The minimum atomic E-state index is -1.08. The van der Waals surface area contributed by atoms with Crippen molar-refractivity contribution in [3.8, 4) is 0 Å². The second-order valence-corrected chi connectivity index (χ2v) is 5.66. The Morgan fingerprint density at radius 1 is 1.20 bits per heavy atom. The predicted octanol–water partition coefficient (Wildman–Crippen LogP) is 0.729. The standard InChI is InChI=1S/C11H12N4O3S2/c12-2-1-8-14-6(4-19-8)10(16)13-3-9-15-7(5-20-9)11(17)18/h4-5H,1-3,12H2,(H,13,16)(H,17,18). The first-order chi connectivity index (χ1) is 9.60. The third-order valence-electron chi connectivity index (χ3n) is 2.31. The van der Waals surface area contributed by atoms with Crippen molar-refractivity contribution in [2.24, 2.45) is 5.73 Å². The second-order valence-electron chi connectivity index (χ2n) is 3.78. The molecule has 106 valence electrons. The van der Waals surface area contributed by atoms with Crippen LogP contribution in [-0.2, 0) is 13.0 Å². The smallest absolute Gasteiger partial charge is 0.355 e. The Labute approximate surface area is 122 Å². The first kappa shape index (κ1) is 14.6. The van der Waals surface area contributed by atoms with Gasteiger partial charge < -0.3 is 16.2 Å². The molecule has 1 amide bonds. The van der Waals surface area contributed by atoms with Crippen LogP contribution in [0.3, 0.4) is 0 Å². The summed E-state index contributed by atoms with van der Waals surface area (Å²) < 4.78 is 0. The average molecular weight is 312 g/mol. The van der Waals surface area contributed by atoms with Gasteiger partial charge in [-0.15, -0.1) is 22.7 Å². The fourth-order valence-corrected chi connectivity index (χ4v) is 2.89. The van der Waals surface area contributed by atoms with E-state index in [1.54, 1.807) is 5.38 Å². The number of amides is 1. The van der Waals surface area contributed by atoms with Crippen molar-refractivity contribution < 1.29 is 14.7 Å². The molecule has 2 aromatic rings. The molecule has 0 saturated carbocycles. The van der Waals surface area contributed by atoms with Gasteiger partial charge in [0.05, 0.1) is 11.6 Å². The molecular formula is C11H12N4O3S2. The average Bonchev–Trinajstić information content (AvgIpc) is 3.05. The van der Waals surface area contributed by atoms with Gasteiger partial charge in [-0.3, -0.25) is 4.79 Å². The first-order valence-electron chi connectivity index (χ1n) is 5.70. The molecule has 4 N–H and O–H groups in total. The van der Waals surface area contributed by atoms with Crippen molar-refractivity contribution >= 4 is 34.6 Å². The fourth-order valence-electron chi connectivity index (χ4n) is 1.39. The quantitative estimate of drug-likeness (QED) is 0.723. The number of carboxylic acids is 1. The summed E-state index contributed by atoms with van der Waals surface area (Å²) in [6.45, 7) is 0.673. The topological polar surface area (TPSA) is 118 Å². The van der Waals surface area contributed by atoms with Gasteiger partial charge in [-0.25, -0.2) is 14.8 Å². The highest BCUT2D eigenvalue weighted by Gasteiger charge is 2.12. The summed E-state index contributed by atoms with van der Waals surface area (Å²) in [7, 11) is 0. The number of nitrogens with one attached hydrogen (secondary N) is 1. The van der Waals surface area contributed by atoms with Crippen LogP contribution in [0.2, 0.25) is 0 Å². The molecule has 2 rings (SSSR count). The van der Waals surface area contributed by atoms with E-state index in [0.29, 0.717) is 23.7 Å². The van der Waals surface area contributed by atoms with Crippen molar-refractivity contribution in [1.82, 2.24) is 15.3 Å². The Morgan fingerprint density at radius 3 is 2.50 bits per heavy atom. The Kier molecular flexibility index (Phi) is 4.77. The highest BCUT2D eigenvalue weighted by atomic mass is 32.1. The van der Waals surface area contributed by atoms with Crippen LogP contribution >= 0.6 is 22.7 Å². The van der Waals surface area contributed by atoms with Gasteiger partial charge in [-0.1, -0.05) is 0 Å². The minimum absolute atomic E-state index is 0.0156. The summed E-state index contributed by atoms with van der Waals surface area (Å²) in [5.41, 5.74) is 5.74. The van der Waals surface area contributed by atoms with Gasteiger partial charge in [0.25, 0.3) is 5.91 Å². The summed E-state index contributed by atoms with van der Waals surface area (Å²) in [5, 5.41) is 15.9. The lowest BCUT2D eigenvalue weighted by molar-refractivity contribution is 0.0691. The highest BCUT2D eigenvalue weighted by molar-refractivity contribution is 7.10. The van der Waals surface area contributed by atoms with Crippen molar-refractivity contribution in [2.45, 2.75) is 13.0 Å². The van der Waals surface area contributed by atoms with Gasteiger partial charge in [-0.2, -0.15) is 0 Å². The fraction of sp³-hybridized carbons (Fsp3) is 0.273. The molecule has 20 heavy (non-hydrogen) atoms. The van der Waals surface area contributed by atoms with E-state index in [0.717, 1.165) is 5.01 Å². The lowest BCUT2D eigenvalue weighted by atomic mass is 10.4. The van der Waals surface area contributed by atoms with Crippen LogP contribution in [-0.4, -0.2) is 33.5 Å². The maximum atomic E-state index is 11.8. The number of rotatable bonds is 6. The predicted molar refractivity (Wildman–Crippen MR) is 75.1 cm³/mol. The van der Waals surface area contributed by atoms with Gasteiger partial charge >= 0.3 is 5.97 Å². The van der Waals surface area contributed by atoms with E-state index in [4.69, 9.17) is 10.8 Å². The van der Waals surface area contributed by atoms with E-state index >= 15 is 0 Å². The number of aromatic carboxylic acids is 1. The van der Waals surface area contributed by atoms with E-state index < -0.39 is 5.97 Å². The lowest BCUT2D eigenvalue weighted by Crippen LogP contribution is -2.23. The van der Waals surface area contributed by atoms with E-state index in [9.17, 15) is 9.59 Å². The van der Waals surface area contributed by atoms with Crippen molar-refractivity contribution in [2.75, 3.05) is 6.54 Å². The van der Waals surface area contributed by atoms with E-state index in [1.807, 2.05) is 0 Å². The molecule has 2 aromatic heterocycles. The molecule has 9 heteroatoms. The van der Waals surface area contributed by atoms with E-state index in [-0.39, 0.29) is 18.1 Å². The monoisotopic (exact) mass is 312 g/mol. The first-order valence-corrected chi connectivity index (χ1v) is 7.46. The van der Waals surface area contributed by atoms with Crippen LogP contribution in [0, 0.1) is 0 Å². The van der Waals surface area contributed by atoms with Crippen LogP contribution in [0.25, 0.3) is 0 Å². The zero-order chi connectivity index (χ0) is 14.5. The second kappa shape index (κ2) is 6.55. The lowest BCUT2D eigenvalue weighted by Gasteiger charge is -1.99. The normalized spacial score (nSPS) is 10.4. The van der Waals surface area contributed by atoms with Crippen LogP contribution in [0.5, 0.6) is 0 Å². The molecule has 0 spiro atoms. The molecule has 2 heterocycles. The van der Waals surface area contributed by atoms with Crippen molar-refractivity contribution in [1.29, 1.82) is 0 Å². The maximum Gasteiger partial charge on any atom is 0.355 e. The summed E-state index contributed by atoms with van der Waals surface area (Å²) in [6, 6.07) is 0. The minimum Gasteiger partial charge on any atom is -0.476 e. The zero-order valence-corrected chi connectivity index (χ0v) is 12.0. The molecule has 0 bridgehead atoms. The number of thiazole rings is 2. The number of aromatic nitrogens is 2. The van der Waals surface area contributed by atoms with Crippen LogP contribution in [0.15, 0.2) is 10.8 Å². The number of carbonyl (C=O) groups excluding carboxylic acids is 1. The highest BCUT2D eigenvalue weighted by Crippen LogP contribution is 2.12. The summed E-state index contributed by atoms with van der Waals surface area (Å²) in [4.78, 5) is 30.6. The summed E-state index contributed by atoms with van der Waals surface area (Å²) >= 11 is 2.58. The molecular weight excluding hydrogens is 300 g/mol. The van der Waals surface area contributed by atoms with Crippen LogP contribution in [0.1, 0.15) is 31.0 Å². The third kappa shape index (κ3) is 3.59. The van der Waals surface area contributed by atoms with Gasteiger partial charge in [0.15, 0.2) is 5.69 Å². The molecule has 0 saturated heterocycles. The number of hydrogen-bond acceptors (Lipinski definition) is 7. The largest absolute Gasteiger partial charge is 0.476 e. The van der Waals surface area contributed by atoms with Crippen molar-refractivity contribution in [3.05, 3.63) is 32.2 Å². The van der Waals surface area contributed by atoms with Crippen molar-refractivity contribution in [3.63, 3.8) is 0 Å². The van der Waals surface area contributed by atoms with Gasteiger partial charge in [-0.05, 0) is 6.54 Å². The number of carbonyl (C=O) groups is 2. The molecule has 0 unspecified atom stereocenters. The molecule has 0 radical (unpaired) electrons. The van der Waals surface area contributed by atoms with Crippen LogP contribution in [0.4, 0.5) is 0 Å². The zero-order valence-electron chi connectivity index (χ0n) is 10.3. The molecule has 0 fully saturated rings. The van der Waals surface area contributed by atoms with E-state index in [1.165, 1.54) is 28.1 Å². The van der Waals surface area contributed by atoms with Gasteiger partial charge in [0, 0.05) is 17.2 Å². The SMILES string of the molecule is NCCc1nc(C(=O)NCc2nc(C(=O)O)cs2)cs1. The Balaban J connectivity index is 1.91. The summed E-state index contributed by atoms with van der Waals surface area (Å²) in [6.07, 6.45) is 0.645. The van der Waals surface area contributed by atoms with Crippen LogP contribution < -0.4 is 11.1 Å². The number of nitrogens with two attached hydrogens (primary N) is 1. The Hall–Kier alpha value is -1.84. The molecule has 0 aromatic carbocycles. The third-order valence-corrected chi connectivity index (χ3v) is 4.07. The molecule has 0 aliphatic carbocycles. The van der Waals surface area contributed by atoms with E-state index in [2.05, 4.69) is 15.3 Å². The molecule has 0 aliphatic rings. The molecule has 7 nitrogen and oxygen atoms in total. The van der Waals surface area contributed by atoms with Gasteiger partial charge in [0.2, 0.25) is 0 Å². The van der Waals surface area contributed by atoms with Gasteiger partial charge in [0.1, 0.15) is 10.7 Å². The number of hydrogen-bond donors (Lipinski definition) is 3. The Morgan fingerprint density at radius 2 is 1.85 bits per heavy atom.